The monoisotopic (exact) mass is 247 g/mol. The van der Waals surface area contributed by atoms with E-state index in [2.05, 4.69) is 5.32 Å². The van der Waals surface area contributed by atoms with Crippen molar-refractivity contribution in [2.24, 2.45) is 0 Å². The molecule has 0 aromatic carbocycles. The third kappa shape index (κ3) is 7.31. The Morgan fingerprint density at radius 2 is 1.88 bits per heavy atom. The maximum absolute atomic E-state index is 11.2. The van der Waals surface area contributed by atoms with Crippen molar-refractivity contribution in [3.05, 3.63) is 0 Å². The molecule has 0 aromatic rings. The van der Waals surface area contributed by atoms with Crippen LogP contribution in [-0.2, 0) is 14.3 Å². The first-order valence-corrected chi connectivity index (χ1v) is 6.09. The van der Waals surface area contributed by atoms with E-state index in [9.17, 15) is 9.90 Å². The number of nitrogens with one attached hydrogen (secondary N) is 1. The van der Waals surface area contributed by atoms with Gasteiger partial charge in [0.05, 0.1) is 13.2 Å². The molecule has 0 aliphatic heterocycles. The van der Waals surface area contributed by atoms with E-state index in [0.717, 1.165) is 0 Å². The normalized spacial score (nSPS) is 14.9. The Hall–Kier alpha value is -0.650. The Morgan fingerprint density at radius 1 is 1.29 bits per heavy atom. The molecule has 0 aliphatic carbocycles. The van der Waals surface area contributed by atoms with Gasteiger partial charge in [0.25, 0.3) is 0 Å². The van der Waals surface area contributed by atoms with Crippen LogP contribution in [0.5, 0.6) is 0 Å². The zero-order chi connectivity index (χ0) is 13.3. The molecule has 0 aliphatic rings. The molecule has 0 aromatic heterocycles. The summed E-state index contributed by atoms with van der Waals surface area (Å²) in [4.78, 5) is 11.2. The van der Waals surface area contributed by atoms with Crippen LogP contribution in [0.3, 0.4) is 0 Å². The van der Waals surface area contributed by atoms with Crippen LogP contribution in [0.25, 0.3) is 0 Å². The van der Waals surface area contributed by atoms with Gasteiger partial charge in [0.1, 0.15) is 5.54 Å². The van der Waals surface area contributed by atoms with Gasteiger partial charge in [-0.1, -0.05) is 0 Å². The summed E-state index contributed by atoms with van der Waals surface area (Å²) in [5, 5.41) is 12.2. The summed E-state index contributed by atoms with van der Waals surface area (Å²) in [6, 6.07) is 0.125. The van der Waals surface area contributed by atoms with E-state index in [1.54, 1.807) is 6.92 Å². The van der Waals surface area contributed by atoms with Gasteiger partial charge in [0.15, 0.2) is 0 Å². The first-order chi connectivity index (χ1) is 7.92. The molecule has 0 saturated carbocycles. The number of hydrogen-bond acceptors (Lipinski definition) is 4. The Balaban J connectivity index is 3.89. The van der Waals surface area contributed by atoms with Crippen LogP contribution in [0.4, 0.5) is 0 Å². The summed E-state index contributed by atoms with van der Waals surface area (Å²) in [7, 11) is 0. The highest BCUT2D eigenvalue weighted by molar-refractivity contribution is 5.78. The lowest BCUT2D eigenvalue weighted by atomic mass is 9.97. The largest absolute Gasteiger partial charge is 0.480 e. The second kappa shape index (κ2) is 8.44. The van der Waals surface area contributed by atoms with E-state index in [1.807, 2.05) is 20.8 Å². The van der Waals surface area contributed by atoms with Crippen molar-refractivity contribution in [3.8, 4) is 0 Å². The molecule has 0 amide bonds. The lowest BCUT2D eigenvalue weighted by molar-refractivity contribution is -0.145. The van der Waals surface area contributed by atoms with Crippen molar-refractivity contribution in [2.45, 2.75) is 45.7 Å². The number of aliphatic carboxylic acids is 1. The number of ether oxygens (including phenoxy) is 2. The third-order valence-electron chi connectivity index (χ3n) is 2.40. The van der Waals surface area contributed by atoms with E-state index in [0.29, 0.717) is 32.8 Å². The molecular weight excluding hydrogens is 222 g/mol. The summed E-state index contributed by atoms with van der Waals surface area (Å²) in [5.74, 6) is -0.848. The number of rotatable bonds is 10. The summed E-state index contributed by atoms with van der Waals surface area (Å²) in [6.07, 6.45) is 0.437. The number of carboxylic acids is 1. The van der Waals surface area contributed by atoms with Gasteiger partial charge in [-0.25, -0.2) is 0 Å². The highest BCUT2D eigenvalue weighted by Gasteiger charge is 2.32. The smallest absolute Gasteiger partial charge is 0.323 e. The van der Waals surface area contributed by atoms with Crippen LogP contribution in [0.1, 0.15) is 34.1 Å². The molecule has 5 nitrogen and oxygen atoms in total. The fourth-order valence-electron chi connectivity index (χ4n) is 1.52. The summed E-state index contributed by atoms with van der Waals surface area (Å²) < 4.78 is 10.5. The average Bonchev–Trinajstić information content (AvgIpc) is 2.22. The second-order valence-electron chi connectivity index (χ2n) is 4.50. The molecule has 0 spiro atoms. The molecule has 1 unspecified atom stereocenters. The standard InChI is InChI=1S/C12H25NO4/c1-5-16-8-9-17-7-6-12(4,11(14)15)13-10(2)3/h10,13H,5-9H2,1-4H3,(H,14,15). The minimum absolute atomic E-state index is 0.125. The highest BCUT2D eigenvalue weighted by Crippen LogP contribution is 2.11. The molecule has 0 heterocycles. The van der Waals surface area contributed by atoms with E-state index in [4.69, 9.17) is 9.47 Å². The zero-order valence-corrected chi connectivity index (χ0v) is 11.3. The van der Waals surface area contributed by atoms with Gasteiger partial charge in [-0.15, -0.1) is 0 Å². The Bertz CT molecular complexity index is 221. The van der Waals surface area contributed by atoms with Crippen LogP contribution in [0.15, 0.2) is 0 Å². The number of carboxylic acid groups (broad SMARTS) is 1. The van der Waals surface area contributed by atoms with Gasteiger partial charge in [-0.3, -0.25) is 10.1 Å². The highest BCUT2D eigenvalue weighted by atomic mass is 16.5. The lowest BCUT2D eigenvalue weighted by Gasteiger charge is -2.28. The minimum atomic E-state index is -0.931. The van der Waals surface area contributed by atoms with Crippen LogP contribution < -0.4 is 5.32 Å². The summed E-state index contributed by atoms with van der Waals surface area (Å²) in [6.45, 7) is 9.60. The summed E-state index contributed by atoms with van der Waals surface area (Å²) in [5.41, 5.74) is -0.931. The topological polar surface area (TPSA) is 67.8 Å². The summed E-state index contributed by atoms with van der Waals surface area (Å²) >= 11 is 0. The zero-order valence-electron chi connectivity index (χ0n) is 11.3. The SMILES string of the molecule is CCOCCOCCC(C)(NC(C)C)C(=O)O. The quantitative estimate of drug-likeness (QED) is 0.569. The van der Waals surface area contributed by atoms with Gasteiger partial charge < -0.3 is 14.6 Å². The predicted octanol–water partition coefficient (Wildman–Crippen LogP) is 1.27. The van der Waals surface area contributed by atoms with Crippen LogP contribution in [0, 0.1) is 0 Å². The van der Waals surface area contributed by atoms with Gasteiger partial charge >= 0.3 is 5.97 Å². The Morgan fingerprint density at radius 3 is 2.35 bits per heavy atom. The van der Waals surface area contributed by atoms with Crippen LogP contribution >= 0.6 is 0 Å². The van der Waals surface area contributed by atoms with E-state index in [1.165, 1.54) is 0 Å². The molecule has 2 N–H and O–H groups in total. The Kier molecular flexibility index (Phi) is 8.12. The average molecular weight is 247 g/mol. The first kappa shape index (κ1) is 16.4. The second-order valence-corrected chi connectivity index (χ2v) is 4.50. The Labute approximate surface area is 103 Å². The minimum Gasteiger partial charge on any atom is -0.480 e. The van der Waals surface area contributed by atoms with Crippen molar-refractivity contribution in [2.75, 3.05) is 26.4 Å². The third-order valence-corrected chi connectivity index (χ3v) is 2.40. The van der Waals surface area contributed by atoms with Crippen molar-refractivity contribution >= 4 is 5.97 Å². The molecule has 17 heavy (non-hydrogen) atoms. The van der Waals surface area contributed by atoms with Crippen LogP contribution in [0.2, 0.25) is 0 Å². The van der Waals surface area contributed by atoms with Gasteiger partial charge in [-0.05, 0) is 34.1 Å². The van der Waals surface area contributed by atoms with E-state index >= 15 is 0 Å². The molecule has 0 radical (unpaired) electrons. The predicted molar refractivity (Wildman–Crippen MR) is 66.2 cm³/mol. The fraction of sp³-hybridized carbons (Fsp3) is 0.917. The number of hydrogen-bond donors (Lipinski definition) is 2. The lowest BCUT2D eigenvalue weighted by Crippen LogP contribution is -2.53. The molecule has 1 atom stereocenters. The van der Waals surface area contributed by atoms with Crippen LogP contribution in [-0.4, -0.2) is 49.1 Å². The molecule has 5 heteroatoms. The fourth-order valence-corrected chi connectivity index (χ4v) is 1.52. The maximum Gasteiger partial charge on any atom is 0.323 e. The molecule has 102 valence electrons. The molecule has 0 bridgehead atoms. The molecule has 0 rings (SSSR count). The molecular formula is C12H25NO4. The van der Waals surface area contributed by atoms with Crippen molar-refractivity contribution in [3.63, 3.8) is 0 Å². The maximum atomic E-state index is 11.2. The van der Waals surface area contributed by atoms with E-state index in [-0.39, 0.29) is 6.04 Å². The van der Waals surface area contributed by atoms with Gasteiger partial charge in [-0.2, -0.15) is 0 Å². The van der Waals surface area contributed by atoms with Gasteiger partial charge in [0, 0.05) is 19.3 Å². The van der Waals surface area contributed by atoms with Gasteiger partial charge in [0.2, 0.25) is 0 Å². The van der Waals surface area contributed by atoms with Crippen molar-refractivity contribution < 1.29 is 19.4 Å². The van der Waals surface area contributed by atoms with E-state index < -0.39 is 11.5 Å². The van der Waals surface area contributed by atoms with Crippen molar-refractivity contribution in [1.29, 1.82) is 0 Å². The molecule has 0 fully saturated rings. The van der Waals surface area contributed by atoms with Crippen molar-refractivity contribution in [1.82, 2.24) is 5.32 Å². The molecule has 0 saturated heterocycles. The first-order valence-electron chi connectivity index (χ1n) is 6.09. The number of carbonyl (C=O) groups is 1.